The van der Waals surface area contributed by atoms with Crippen LogP contribution < -0.4 is 15.8 Å². The first-order valence-corrected chi connectivity index (χ1v) is 11.2. The molecule has 0 bridgehead atoms. The first-order chi connectivity index (χ1) is 16.1. The summed E-state index contributed by atoms with van der Waals surface area (Å²) in [4.78, 5) is 16.5. The predicted molar refractivity (Wildman–Crippen MR) is 131 cm³/mol. The van der Waals surface area contributed by atoms with Crippen molar-refractivity contribution in [2.75, 3.05) is 13.2 Å². The average Bonchev–Trinajstić information content (AvgIpc) is 3.26. The van der Waals surface area contributed by atoms with Crippen molar-refractivity contribution >= 4 is 16.8 Å². The summed E-state index contributed by atoms with van der Waals surface area (Å²) in [7, 11) is 0. The molecule has 5 N–H and O–H groups in total. The maximum Gasteiger partial charge on any atom is 0.255 e. The Bertz CT molecular complexity index is 1230. The lowest BCUT2D eigenvalue weighted by Gasteiger charge is -2.18. The van der Waals surface area contributed by atoms with Crippen molar-refractivity contribution in [1.29, 1.82) is 0 Å². The lowest BCUT2D eigenvalue weighted by atomic mass is 10.00. The van der Waals surface area contributed by atoms with Gasteiger partial charge in [0.05, 0.1) is 24.8 Å². The molecular formula is C27H29N3O3. The van der Waals surface area contributed by atoms with E-state index in [4.69, 9.17) is 10.5 Å². The molecule has 1 unspecified atom stereocenters. The van der Waals surface area contributed by atoms with Gasteiger partial charge in [0.1, 0.15) is 5.75 Å². The minimum absolute atomic E-state index is 0.171. The first-order valence-electron chi connectivity index (χ1n) is 11.2. The molecule has 170 valence electrons. The number of ether oxygens (including phenoxy) is 1. The molecule has 1 aromatic heterocycles. The van der Waals surface area contributed by atoms with Crippen molar-refractivity contribution in [3.05, 3.63) is 89.6 Å². The van der Waals surface area contributed by atoms with E-state index in [0.29, 0.717) is 30.9 Å². The van der Waals surface area contributed by atoms with Gasteiger partial charge in [-0.05, 0) is 53.8 Å². The SMILES string of the molecule is CCOc1ccc(-c2ccc(CN)cc2)cc1C(=O)NC(CO)Cc1c[nH]c2ccccc12. The standard InChI is InChI=1S/C27H29N3O3/c1-2-33-26-12-11-20(19-9-7-18(15-28)8-10-19)14-24(26)27(32)30-22(17-31)13-21-16-29-25-6-4-3-5-23(21)25/h3-12,14,16,22,29,31H,2,13,15,17,28H2,1H3,(H,30,32). The van der Waals surface area contributed by atoms with Gasteiger partial charge in [0, 0.05) is 23.6 Å². The first kappa shape index (κ1) is 22.6. The summed E-state index contributed by atoms with van der Waals surface area (Å²) >= 11 is 0. The number of benzene rings is 3. The van der Waals surface area contributed by atoms with Crippen LogP contribution in [0.1, 0.15) is 28.4 Å². The highest BCUT2D eigenvalue weighted by atomic mass is 16.5. The van der Waals surface area contributed by atoms with Crippen LogP contribution in [0.3, 0.4) is 0 Å². The number of carbonyl (C=O) groups is 1. The molecule has 4 rings (SSSR count). The van der Waals surface area contributed by atoms with Gasteiger partial charge in [-0.15, -0.1) is 0 Å². The number of nitrogens with one attached hydrogen (secondary N) is 2. The number of aliphatic hydroxyl groups excluding tert-OH is 1. The zero-order valence-corrected chi connectivity index (χ0v) is 18.7. The number of fused-ring (bicyclic) bond motifs is 1. The Morgan fingerprint density at radius 1 is 1.09 bits per heavy atom. The third kappa shape index (κ3) is 5.08. The Balaban J connectivity index is 1.58. The number of hydrogen-bond donors (Lipinski definition) is 4. The second kappa shape index (κ2) is 10.3. The number of H-pyrrole nitrogens is 1. The fraction of sp³-hybridized carbons (Fsp3) is 0.222. The van der Waals surface area contributed by atoms with Crippen LogP contribution in [0.2, 0.25) is 0 Å². The zero-order chi connectivity index (χ0) is 23.2. The van der Waals surface area contributed by atoms with Crippen LogP contribution in [-0.2, 0) is 13.0 Å². The summed E-state index contributed by atoms with van der Waals surface area (Å²) in [5.74, 6) is 0.235. The molecule has 0 saturated carbocycles. The molecule has 0 fully saturated rings. The average molecular weight is 444 g/mol. The maximum absolute atomic E-state index is 13.3. The summed E-state index contributed by atoms with van der Waals surface area (Å²) < 4.78 is 5.72. The van der Waals surface area contributed by atoms with Gasteiger partial charge >= 0.3 is 0 Å². The quantitative estimate of drug-likeness (QED) is 0.314. The van der Waals surface area contributed by atoms with Crippen LogP contribution in [0.25, 0.3) is 22.0 Å². The van der Waals surface area contributed by atoms with E-state index in [1.165, 1.54) is 0 Å². The van der Waals surface area contributed by atoms with Gasteiger partial charge in [-0.1, -0.05) is 48.5 Å². The summed E-state index contributed by atoms with van der Waals surface area (Å²) in [5, 5.41) is 14.0. The lowest BCUT2D eigenvalue weighted by Crippen LogP contribution is -2.39. The molecule has 0 aliphatic heterocycles. The van der Waals surface area contributed by atoms with Crippen LogP contribution >= 0.6 is 0 Å². The van der Waals surface area contributed by atoms with Crippen molar-refractivity contribution in [3.8, 4) is 16.9 Å². The summed E-state index contributed by atoms with van der Waals surface area (Å²) in [6, 6.07) is 21.1. The summed E-state index contributed by atoms with van der Waals surface area (Å²) in [6.07, 6.45) is 2.44. The molecular weight excluding hydrogens is 414 g/mol. The van der Waals surface area contributed by atoms with Crippen molar-refractivity contribution in [2.24, 2.45) is 5.73 Å². The highest BCUT2D eigenvalue weighted by Crippen LogP contribution is 2.28. The molecule has 0 aliphatic carbocycles. The van der Waals surface area contributed by atoms with E-state index in [1.54, 1.807) is 0 Å². The predicted octanol–water partition coefficient (Wildman–Crippen LogP) is 4.03. The van der Waals surface area contributed by atoms with Crippen LogP contribution in [0.4, 0.5) is 0 Å². The van der Waals surface area contributed by atoms with Gasteiger partial charge in [0.2, 0.25) is 0 Å². The van der Waals surface area contributed by atoms with Crippen molar-refractivity contribution in [3.63, 3.8) is 0 Å². The Morgan fingerprint density at radius 3 is 2.58 bits per heavy atom. The third-order valence-corrected chi connectivity index (χ3v) is 5.74. The molecule has 6 heteroatoms. The number of amides is 1. The molecule has 0 aliphatic rings. The lowest BCUT2D eigenvalue weighted by molar-refractivity contribution is 0.0913. The zero-order valence-electron chi connectivity index (χ0n) is 18.7. The van der Waals surface area contributed by atoms with Crippen molar-refractivity contribution in [2.45, 2.75) is 25.9 Å². The molecule has 3 aromatic carbocycles. The molecule has 4 aromatic rings. The maximum atomic E-state index is 13.3. The van der Waals surface area contributed by atoms with E-state index in [2.05, 4.69) is 10.3 Å². The van der Waals surface area contributed by atoms with Gasteiger partial charge in [-0.3, -0.25) is 4.79 Å². The normalized spacial score (nSPS) is 12.0. The van der Waals surface area contributed by atoms with Crippen LogP contribution in [0, 0.1) is 0 Å². The number of carbonyl (C=O) groups excluding carboxylic acids is 1. The molecule has 1 amide bonds. The van der Waals surface area contributed by atoms with Gasteiger partial charge in [0.15, 0.2) is 0 Å². The largest absolute Gasteiger partial charge is 0.493 e. The number of aromatic amines is 1. The topological polar surface area (TPSA) is 100 Å². The molecule has 0 saturated heterocycles. The minimum Gasteiger partial charge on any atom is -0.493 e. The fourth-order valence-electron chi connectivity index (χ4n) is 3.99. The van der Waals surface area contributed by atoms with E-state index >= 15 is 0 Å². The van der Waals surface area contributed by atoms with E-state index in [9.17, 15) is 9.90 Å². The number of nitrogens with two attached hydrogens (primary N) is 1. The van der Waals surface area contributed by atoms with Crippen molar-refractivity contribution < 1.29 is 14.6 Å². The molecule has 1 heterocycles. The van der Waals surface area contributed by atoms with E-state index in [-0.39, 0.29) is 12.5 Å². The highest BCUT2D eigenvalue weighted by Gasteiger charge is 2.19. The van der Waals surface area contributed by atoms with Gasteiger partial charge in [0.25, 0.3) is 5.91 Å². The Hall–Kier alpha value is -3.61. The number of rotatable bonds is 9. The number of aromatic nitrogens is 1. The van der Waals surface area contributed by atoms with Gasteiger partial charge in [-0.25, -0.2) is 0 Å². The van der Waals surface area contributed by atoms with E-state index in [1.807, 2.05) is 79.9 Å². The van der Waals surface area contributed by atoms with E-state index in [0.717, 1.165) is 33.2 Å². The Kier molecular flexibility index (Phi) is 7.07. The van der Waals surface area contributed by atoms with Gasteiger partial charge in [-0.2, -0.15) is 0 Å². The fourth-order valence-corrected chi connectivity index (χ4v) is 3.99. The smallest absolute Gasteiger partial charge is 0.255 e. The Labute approximate surface area is 193 Å². The van der Waals surface area contributed by atoms with Crippen LogP contribution in [0.5, 0.6) is 5.75 Å². The molecule has 1 atom stereocenters. The molecule has 0 spiro atoms. The highest BCUT2D eigenvalue weighted by molar-refractivity contribution is 5.98. The number of para-hydroxylation sites is 1. The minimum atomic E-state index is -0.432. The van der Waals surface area contributed by atoms with Gasteiger partial charge < -0.3 is 25.9 Å². The Morgan fingerprint density at radius 2 is 1.85 bits per heavy atom. The van der Waals surface area contributed by atoms with E-state index < -0.39 is 6.04 Å². The second-order valence-corrected chi connectivity index (χ2v) is 7.96. The third-order valence-electron chi connectivity index (χ3n) is 5.74. The molecule has 6 nitrogen and oxygen atoms in total. The molecule has 33 heavy (non-hydrogen) atoms. The summed E-state index contributed by atoms with van der Waals surface area (Å²) in [5.41, 5.74) is 11.2. The monoisotopic (exact) mass is 443 g/mol. The van der Waals surface area contributed by atoms with Crippen LogP contribution in [0.15, 0.2) is 72.9 Å². The second-order valence-electron chi connectivity index (χ2n) is 7.96. The molecule has 0 radical (unpaired) electrons. The van der Waals surface area contributed by atoms with Crippen molar-refractivity contribution in [1.82, 2.24) is 10.3 Å². The number of hydrogen-bond acceptors (Lipinski definition) is 4. The van der Waals surface area contributed by atoms with Crippen LogP contribution in [-0.4, -0.2) is 35.3 Å². The summed E-state index contributed by atoms with van der Waals surface area (Å²) in [6.45, 7) is 2.64. The number of aliphatic hydroxyl groups is 1.